The third-order valence-electron chi connectivity index (χ3n) is 5.97. The molecule has 0 spiro atoms. The summed E-state index contributed by atoms with van der Waals surface area (Å²) in [7, 11) is 0. The van der Waals surface area contributed by atoms with Crippen LogP contribution in [-0.2, 0) is 6.54 Å². The van der Waals surface area contributed by atoms with E-state index in [4.69, 9.17) is 5.73 Å². The molecule has 8 heteroatoms. The van der Waals surface area contributed by atoms with Crippen LogP contribution in [0.1, 0.15) is 44.2 Å². The van der Waals surface area contributed by atoms with Gasteiger partial charge in [-0.15, -0.1) is 0 Å². The highest BCUT2D eigenvalue weighted by Gasteiger charge is 2.25. The Balaban J connectivity index is 0.00000167. The molecule has 188 valence electrons. The molecule has 2 aliphatic heterocycles. The lowest BCUT2D eigenvalue weighted by Gasteiger charge is -2.27. The molecule has 35 heavy (non-hydrogen) atoms. The Bertz CT molecular complexity index is 1010. The van der Waals surface area contributed by atoms with Crippen molar-refractivity contribution < 1.29 is 8.78 Å². The molecular weight excluding hydrogens is 464 g/mol. The molecule has 0 bridgehead atoms. The zero-order chi connectivity index (χ0) is 25.2. The fraction of sp³-hybridized carbons (Fsp3) is 0.407. The van der Waals surface area contributed by atoms with Gasteiger partial charge in [0.15, 0.2) is 0 Å². The summed E-state index contributed by atoms with van der Waals surface area (Å²) < 4.78 is 28.0. The van der Waals surface area contributed by atoms with E-state index >= 15 is 0 Å². The van der Waals surface area contributed by atoms with Crippen molar-refractivity contribution in [3.05, 3.63) is 78.0 Å². The average Bonchev–Trinajstić information content (AvgIpc) is 3.56. The molecule has 1 fully saturated rings. The minimum Gasteiger partial charge on any atom is -0.401 e. The van der Waals surface area contributed by atoms with Crippen LogP contribution >= 0.6 is 11.9 Å². The number of likely N-dealkylation sites (tertiary alicyclic amines) is 1. The smallest absolute Gasteiger partial charge is 0.278 e. The maximum Gasteiger partial charge on any atom is 0.278 e. The van der Waals surface area contributed by atoms with Crippen molar-refractivity contribution in [3.63, 3.8) is 0 Å². The second-order valence-corrected chi connectivity index (χ2v) is 9.39. The molecule has 2 aromatic carbocycles. The Labute approximate surface area is 211 Å². The predicted molar refractivity (Wildman–Crippen MR) is 145 cm³/mol. The molecule has 2 N–H and O–H groups in total. The number of hydrogen-bond acceptors (Lipinski definition) is 6. The van der Waals surface area contributed by atoms with Crippen LogP contribution in [0.15, 0.2) is 77.1 Å². The van der Waals surface area contributed by atoms with Crippen LogP contribution in [0.2, 0.25) is 0 Å². The van der Waals surface area contributed by atoms with E-state index in [1.165, 1.54) is 0 Å². The topological polar surface area (TPSA) is 57.2 Å². The molecule has 5 nitrogen and oxygen atoms in total. The second kappa shape index (κ2) is 13.4. The highest BCUT2D eigenvalue weighted by Crippen LogP contribution is 2.27. The molecular formula is C27H35F2N5S. The molecule has 1 saturated heterocycles. The van der Waals surface area contributed by atoms with Crippen LogP contribution in [0.3, 0.4) is 0 Å². The van der Waals surface area contributed by atoms with Crippen LogP contribution in [0.4, 0.5) is 14.5 Å². The van der Waals surface area contributed by atoms with E-state index in [-0.39, 0.29) is 18.2 Å². The van der Waals surface area contributed by atoms with Gasteiger partial charge in [-0.1, -0.05) is 62.9 Å². The van der Waals surface area contributed by atoms with Crippen LogP contribution in [0.5, 0.6) is 0 Å². The highest BCUT2D eigenvalue weighted by molar-refractivity contribution is 8.00. The van der Waals surface area contributed by atoms with Gasteiger partial charge in [0.05, 0.1) is 12.3 Å². The van der Waals surface area contributed by atoms with Gasteiger partial charge in [-0.25, -0.2) is 8.78 Å². The second-order valence-electron chi connectivity index (χ2n) is 8.29. The maximum atomic E-state index is 12.8. The van der Waals surface area contributed by atoms with E-state index in [9.17, 15) is 8.78 Å². The molecule has 0 saturated carbocycles. The monoisotopic (exact) mass is 499 g/mol. The summed E-state index contributed by atoms with van der Waals surface area (Å²) >= 11 is 1.80. The SMILES string of the molecule is C=C(N)C1CCCN1CCSN(Cc1ccc(C2=NN=C(C(F)F)C2)cc1)c1ccccc1.CC. The number of halogens is 2. The van der Waals surface area contributed by atoms with Crippen LogP contribution in [0, 0.1) is 0 Å². The number of hydrogen-bond donors (Lipinski definition) is 1. The van der Waals surface area contributed by atoms with E-state index in [1.807, 2.05) is 56.3 Å². The minimum absolute atomic E-state index is 0.107. The largest absolute Gasteiger partial charge is 0.401 e. The first-order chi connectivity index (χ1) is 17.0. The van der Waals surface area contributed by atoms with Crippen molar-refractivity contribution in [2.24, 2.45) is 15.9 Å². The lowest BCUT2D eigenvalue weighted by atomic mass is 10.0. The van der Waals surface area contributed by atoms with Crippen molar-refractivity contribution >= 4 is 29.1 Å². The van der Waals surface area contributed by atoms with Gasteiger partial charge in [-0.2, -0.15) is 10.2 Å². The number of rotatable bonds is 10. The summed E-state index contributed by atoms with van der Waals surface area (Å²) in [6, 6.07) is 18.5. The highest BCUT2D eigenvalue weighted by atomic mass is 32.2. The number of para-hydroxylation sites is 1. The van der Waals surface area contributed by atoms with E-state index in [2.05, 4.69) is 38.1 Å². The quantitative estimate of drug-likeness (QED) is 0.400. The number of nitrogens with two attached hydrogens (primary N) is 1. The zero-order valence-electron chi connectivity index (χ0n) is 20.5. The number of anilines is 1. The molecule has 0 aromatic heterocycles. The van der Waals surface area contributed by atoms with Gasteiger partial charge < -0.3 is 10.0 Å². The molecule has 2 heterocycles. The minimum atomic E-state index is -2.55. The first-order valence-electron chi connectivity index (χ1n) is 12.2. The average molecular weight is 500 g/mol. The van der Waals surface area contributed by atoms with Crippen LogP contribution in [-0.4, -0.2) is 47.6 Å². The molecule has 2 aromatic rings. The molecule has 0 radical (unpaired) electrons. The fourth-order valence-electron chi connectivity index (χ4n) is 4.20. The Hall–Kier alpha value is -2.71. The van der Waals surface area contributed by atoms with Gasteiger partial charge in [0, 0.05) is 36.1 Å². The third kappa shape index (κ3) is 7.39. The first-order valence-corrected chi connectivity index (χ1v) is 13.1. The van der Waals surface area contributed by atoms with Crippen LogP contribution in [0.25, 0.3) is 0 Å². The third-order valence-corrected chi connectivity index (χ3v) is 6.99. The van der Waals surface area contributed by atoms with Gasteiger partial charge in [-0.3, -0.25) is 4.90 Å². The van der Waals surface area contributed by atoms with Gasteiger partial charge >= 0.3 is 0 Å². The summed E-state index contributed by atoms with van der Waals surface area (Å²) in [5, 5.41) is 7.55. The zero-order valence-corrected chi connectivity index (χ0v) is 21.4. The van der Waals surface area contributed by atoms with Crippen LogP contribution < -0.4 is 10.0 Å². The Morgan fingerprint density at radius 1 is 1.14 bits per heavy atom. The lowest BCUT2D eigenvalue weighted by Crippen LogP contribution is -2.35. The van der Waals surface area contributed by atoms with Crippen molar-refractivity contribution in [1.29, 1.82) is 0 Å². The molecule has 2 aliphatic rings. The summed E-state index contributed by atoms with van der Waals surface area (Å²) in [5.41, 5.74) is 10.3. The summed E-state index contributed by atoms with van der Waals surface area (Å²) in [4.78, 5) is 2.42. The normalized spacial score (nSPS) is 17.6. The van der Waals surface area contributed by atoms with Gasteiger partial charge in [0.25, 0.3) is 6.43 Å². The van der Waals surface area contributed by atoms with Gasteiger partial charge in [0.2, 0.25) is 0 Å². The number of nitrogens with zero attached hydrogens (tertiary/aromatic N) is 4. The Morgan fingerprint density at radius 3 is 2.49 bits per heavy atom. The van der Waals surface area contributed by atoms with E-state index < -0.39 is 6.43 Å². The van der Waals surface area contributed by atoms with Gasteiger partial charge in [0.1, 0.15) is 5.71 Å². The fourth-order valence-corrected chi connectivity index (χ4v) is 5.25. The molecule has 0 amide bonds. The summed E-state index contributed by atoms with van der Waals surface area (Å²) in [6.45, 7) is 10.7. The molecule has 4 rings (SSSR count). The van der Waals surface area contributed by atoms with Crippen molar-refractivity contribution in [2.45, 2.75) is 52.1 Å². The molecule has 1 unspecified atom stereocenters. The van der Waals surface area contributed by atoms with Crippen molar-refractivity contribution in [3.8, 4) is 0 Å². The maximum absolute atomic E-state index is 12.8. The Kier molecular flexibility index (Phi) is 10.3. The number of alkyl halides is 2. The summed E-state index contributed by atoms with van der Waals surface area (Å²) in [5.74, 6) is 0.946. The molecule has 0 aliphatic carbocycles. The predicted octanol–water partition coefficient (Wildman–Crippen LogP) is 6.12. The van der Waals surface area contributed by atoms with E-state index in [1.54, 1.807) is 11.9 Å². The lowest BCUT2D eigenvalue weighted by molar-refractivity contribution is 0.224. The van der Waals surface area contributed by atoms with E-state index in [0.29, 0.717) is 5.71 Å². The number of benzene rings is 2. The van der Waals surface area contributed by atoms with E-state index in [0.717, 1.165) is 60.7 Å². The standard InChI is InChI=1S/C25H29F2N5S.C2H6/c1-18(28)24-8-5-13-31(24)14-15-33-32(21-6-3-2-4-7-21)17-19-9-11-20(12-10-19)22-16-23(25(26)27)30-29-22;1-2/h2-4,6-7,9-12,24-25H,1,5,8,13-17,28H2;1-2H3. The molecule has 1 atom stereocenters. The van der Waals surface area contributed by atoms with Crippen molar-refractivity contribution in [2.75, 3.05) is 23.1 Å². The first kappa shape index (κ1) is 26.9. The van der Waals surface area contributed by atoms with Crippen molar-refractivity contribution in [1.82, 2.24) is 4.90 Å². The Morgan fingerprint density at radius 2 is 1.86 bits per heavy atom. The summed E-state index contributed by atoms with van der Waals surface area (Å²) in [6.07, 6.45) is -0.199. The van der Waals surface area contributed by atoms with Gasteiger partial charge in [-0.05, 0) is 54.6 Å².